The number of hydrogen-bond acceptors (Lipinski definition) is 5. The van der Waals surface area contributed by atoms with Crippen LogP contribution in [-0.4, -0.2) is 94.6 Å². The van der Waals surface area contributed by atoms with Gasteiger partial charge < -0.3 is 24.5 Å². The topological polar surface area (TPSA) is 90.4 Å². The third kappa shape index (κ3) is 4.86. The Kier molecular flexibility index (Phi) is 8.88. The molecule has 4 aliphatic heterocycles. The summed E-state index contributed by atoms with van der Waals surface area (Å²) in [5.41, 5.74) is -1.12. The molecule has 4 rings (SSSR count). The number of hydrogen-bond donors (Lipinski definition) is 1. The van der Waals surface area contributed by atoms with Crippen molar-refractivity contribution in [1.29, 1.82) is 0 Å². The predicted molar refractivity (Wildman–Crippen MR) is 137 cm³/mol. The summed E-state index contributed by atoms with van der Waals surface area (Å²) < 4.78 is 6.66. The Morgan fingerprint density at radius 2 is 1.58 bits per heavy atom. The lowest BCUT2D eigenvalue weighted by atomic mass is 9.77. The number of aliphatic hydroxyl groups excluding tert-OH is 1. The van der Waals surface area contributed by atoms with Crippen molar-refractivity contribution in [1.82, 2.24) is 14.7 Å². The number of ether oxygens (including phenoxy) is 1. The van der Waals surface area contributed by atoms with E-state index in [1.165, 1.54) is 0 Å². The van der Waals surface area contributed by atoms with E-state index in [0.717, 1.165) is 51.4 Å². The Hall–Kier alpha value is -2.19. The third-order valence-corrected chi connectivity index (χ3v) is 8.16. The molecule has 0 aliphatic carbocycles. The van der Waals surface area contributed by atoms with Gasteiger partial charge in [-0.15, -0.1) is 0 Å². The van der Waals surface area contributed by atoms with Crippen LogP contribution >= 0.6 is 0 Å². The molecular weight excluding hydrogens is 458 g/mol. The molecule has 1 spiro atoms. The number of rotatable bonds is 12. The molecule has 8 heteroatoms. The number of aliphatic hydroxyl groups is 1. The molecule has 0 radical (unpaired) electrons. The monoisotopic (exact) mass is 501 g/mol. The lowest BCUT2D eigenvalue weighted by molar-refractivity contribution is -0.148. The summed E-state index contributed by atoms with van der Waals surface area (Å²) in [5, 5.41) is 9.10. The van der Waals surface area contributed by atoms with Gasteiger partial charge in [0, 0.05) is 39.3 Å². The minimum Gasteiger partial charge on any atom is -0.396 e. The van der Waals surface area contributed by atoms with Crippen LogP contribution in [0.15, 0.2) is 24.3 Å². The van der Waals surface area contributed by atoms with Gasteiger partial charge in [-0.05, 0) is 25.7 Å². The summed E-state index contributed by atoms with van der Waals surface area (Å²) in [6.07, 6.45) is 14.4. The highest BCUT2D eigenvalue weighted by Crippen LogP contribution is 2.53. The van der Waals surface area contributed by atoms with Gasteiger partial charge in [0.25, 0.3) is 0 Å². The van der Waals surface area contributed by atoms with Crippen molar-refractivity contribution in [2.75, 3.05) is 39.3 Å². The minimum absolute atomic E-state index is 0.0458. The highest BCUT2D eigenvalue weighted by Gasteiger charge is 2.71. The van der Waals surface area contributed by atoms with Crippen LogP contribution in [0.4, 0.5) is 0 Å². The van der Waals surface area contributed by atoms with Gasteiger partial charge in [0.2, 0.25) is 17.7 Å². The first-order valence-corrected chi connectivity index (χ1v) is 14.0. The van der Waals surface area contributed by atoms with E-state index in [1.807, 2.05) is 41.0 Å². The smallest absolute Gasteiger partial charge is 0.249 e. The third-order valence-electron chi connectivity index (χ3n) is 8.16. The highest BCUT2D eigenvalue weighted by molar-refractivity contribution is 5.99. The van der Waals surface area contributed by atoms with Crippen LogP contribution in [-0.2, 0) is 19.1 Å². The van der Waals surface area contributed by atoms with E-state index in [1.54, 1.807) is 4.90 Å². The second kappa shape index (κ2) is 11.9. The van der Waals surface area contributed by atoms with Gasteiger partial charge in [-0.2, -0.15) is 0 Å². The van der Waals surface area contributed by atoms with Gasteiger partial charge >= 0.3 is 0 Å². The molecule has 2 fully saturated rings. The number of fused-ring (bicyclic) bond motifs is 2. The summed E-state index contributed by atoms with van der Waals surface area (Å²) >= 11 is 0. The van der Waals surface area contributed by atoms with Crippen molar-refractivity contribution in [2.24, 2.45) is 11.8 Å². The summed E-state index contributed by atoms with van der Waals surface area (Å²) in [6.45, 7) is 7.11. The first-order chi connectivity index (χ1) is 17.5. The maximum atomic E-state index is 14.1. The maximum absolute atomic E-state index is 14.1. The number of unbranched alkanes of at least 4 members (excludes halogenated alkanes) is 5. The molecule has 0 aromatic rings. The molecule has 36 heavy (non-hydrogen) atoms. The standard InChI is InChI=1S/C28H43N3O5/c1-3-5-8-16-30-18-12-14-28-23(22-21(36-28)13-11-17-29(15-4-2)25(22)33)26(34)31(24(28)27(30)35)19-9-6-7-10-20-32/h11-14,21-24,32H,3-10,15-20H2,1-2H3/t21-,22+,23-,24?,28-/m0/s1. The zero-order valence-electron chi connectivity index (χ0n) is 21.9. The lowest BCUT2D eigenvalue weighted by Crippen LogP contribution is -2.55. The van der Waals surface area contributed by atoms with Crippen LogP contribution in [0.3, 0.4) is 0 Å². The zero-order valence-corrected chi connectivity index (χ0v) is 21.9. The quantitative estimate of drug-likeness (QED) is 0.328. The van der Waals surface area contributed by atoms with E-state index in [0.29, 0.717) is 32.7 Å². The van der Waals surface area contributed by atoms with Gasteiger partial charge in [-0.25, -0.2) is 0 Å². The molecule has 1 N–H and O–H groups in total. The minimum atomic E-state index is -1.12. The fourth-order valence-electron chi connectivity index (χ4n) is 6.45. The SMILES string of the molecule is CCCCCN1CC=C[C@]23O[C@H]4C=CCN(CCC)C(=O)[C@H]4[C@H]2C(=O)N(CCCCCCO)C3C1=O. The maximum Gasteiger partial charge on any atom is 0.249 e. The average Bonchev–Trinajstić information content (AvgIpc) is 3.18. The Labute approximate surface area is 215 Å². The number of carbonyl (C=O) groups is 3. The van der Waals surface area contributed by atoms with Crippen LogP contribution in [0.1, 0.15) is 65.2 Å². The molecule has 0 bridgehead atoms. The van der Waals surface area contributed by atoms with Gasteiger partial charge in [0.15, 0.2) is 0 Å². The van der Waals surface area contributed by atoms with E-state index in [-0.39, 0.29) is 24.3 Å². The van der Waals surface area contributed by atoms with Gasteiger partial charge in [-0.3, -0.25) is 14.4 Å². The molecule has 0 aromatic heterocycles. The van der Waals surface area contributed by atoms with Gasteiger partial charge in [-0.1, -0.05) is 63.8 Å². The Morgan fingerprint density at radius 3 is 2.33 bits per heavy atom. The van der Waals surface area contributed by atoms with E-state index in [2.05, 4.69) is 6.92 Å². The van der Waals surface area contributed by atoms with Crippen LogP contribution in [0.2, 0.25) is 0 Å². The van der Waals surface area contributed by atoms with Crippen molar-refractivity contribution >= 4 is 17.7 Å². The van der Waals surface area contributed by atoms with E-state index >= 15 is 0 Å². The molecule has 200 valence electrons. The number of nitrogens with zero attached hydrogens (tertiary/aromatic N) is 3. The Bertz CT molecular complexity index is 873. The summed E-state index contributed by atoms with van der Waals surface area (Å²) in [7, 11) is 0. The molecule has 5 atom stereocenters. The molecular formula is C28H43N3O5. The molecule has 4 heterocycles. The predicted octanol–water partition coefficient (Wildman–Crippen LogP) is 2.52. The molecule has 3 amide bonds. The second-order valence-corrected chi connectivity index (χ2v) is 10.6. The van der Waals surface area contributed by atoms with Gasteiger partial charge in [0.05, 0.1) is 17.9 Å². The molecule has 0 aromatic carbocycles. The normalized spacial score (nSPS) is 31.5. The van der Waals surface area contributed by atoms with Crippen molar-refractivity contribution in [3.8, 4) is 0 Å². The Balaban J connectivity index is 1.67. The largest absolute Gasteiger partial charge is 0.396 e. The fourth-order valence-corrected chi connectivity index (χ4v) is 6.45. The van der Waals surface area contributed by atoms with E-state index < -0.39 is 29.6 Å². The summed E-state index contributed by atoms with van der Waals surface area (Å²) in [6, 6.07) is -0.749. The molecule has 4 aliphatic rings. The second-order valence-electron chi connectivity index (χ2n) is 10.6. The van der Waals surface area contributed by atoms with Crippen LogP contribution in [0.5, 0.6) is 0 Å². The number of likely N-dealkylation sites (tertiary alicyclic amines) is 1. The number of carbonyl (C=O) groups excluding carboxylic acids is 3. The average molecular weight is 502 g/mol. The van der Waals surface area contributed by atoms with E-state index in [9.17, 15) is 14.4 Å². The summed E-state index contributed by atoms with van der Waals surface area (Å²) in [5.74, 6) is -1.57. The van der Waals surface area contributed by atoms with Crippen molar-refractivity contribution in [3.63, 3.8) is 0 Å². The first kappa shape index (κ1) is 26.9. The number of amides is 3. The molecule has 8 nitrogen and oxygen atoms in total. The first-order valence-electron chi connectivity index (χ1n) is 14.0. The van der Waals surface area contributed by atoms with Crippen LogP contribution < -0.4 is 0 Å². The lowest BCUT2D eigenvalue weighted by Gasteiger charge is -2.35. The Morgan fingerprint density at radius 1 is 0.861 bits per heavy atom. The fraction of sp³-hybridized carbons (Fsp3) is 0.750. The molecule has 1 unspecified atom stereocenters. The summed E-state index contributed by atoms with van der Waals surface area (Å²) in [4.78, 5) is 47.2. The van der Waals surface area contributed by atoms with Crippen molar-refractivity contribution in [3.05, 3.63) is 24.3 Å². The van der Waals surface area contributed by atoms with Crippen molar-refractivity contribution < 1.29 is 24.2 Å². The molecule has 0 saturated carbocycles. The van der Waals surface area contributed by atoms with Crippen molar-refractivity contribution in [2.45, 2.75) is 83.0 Å². The molecule has 2 saturated heterocycles. The van der Waals surface area contributed by atoms with Gasteiger partial charge in [0.1, 0.15) is 11.6 Å². The zero-order chi connectivity index (χ0) is 25.7. The van der Waals surface area contributed by atoms with E-state index in [4.69, 9.17) is 9.84 Å². The van der Waals surface area contributed by atoms with Crippen LogP contribution in [0, 0.1) is 11.8 Å². The van der Waals surface area contributed by atoms with Crippen LogP contribution in [0.25, 0.3) is 0 Å². The highest BCUT2D eigenvalue weighted by atomic mass is 16.5.